The molecular weight excluding hydrogens is 286 g/mol. The molecule has 1 aromatic rings. The monoisotopic (exact) mass is 301 g/mol. The van der Waals surface area contributed by atoms with E-state index in [-0.39, 0.29) is 12.5 Å². The Morgan fingerprint density at radius 1 is 1.42 bits per heavy atom. The SMILES string of the molecule is CCOC(=O)CN(C)C(=O)c1cc(SC)ccc1Cl. The van der Waals surface area contributed by atoms with Crippen molar-refractivity contribution in [3.63, 3.8) is 0 Å². The van der Waals surface area contributed by atoms with E-state index in [0.717, 1.165) is 4.90 Å². The molecule has 0 N–H and O–H groups in total. The molecule has 0 spiro atoms. The third kappa shape index (κ3) is 4.44. The predicted molar refractivity (Wildman–Crippen MR) is 76.8 cm³/mol. The highest BCUT2D eigenvalue weighted by Gasteiger charge is 2.18. The Bertz CT molecular complexity index is 479. The summed E-state index contributed by atoms with van der Waals surface area (Å²) in [7, 11) is 1.54. The van der Waals surface area contributed by atoms with E-state index < -0.39 is 5.97 Å². The summed E-state index contributed by atoms with van der Waals surface area (Å²) in [5, 5.41) is 0.374. The zero-order valence-electron chi connectivity index (χ0n) is 11.1. The van der Waals surface area contributed by atoms with Crippen molar-refractivity contribution in [1.29, 1.82) is 0 Å². The standard InChI is InChI=1S/C13H16ClNO3S/c1-4-18-12(16)8-15(2)13(17)10-7-9(19-3)5-6-11(10)14/h5-7H,4,8H2,1-3H3. The summed E-state index contributed by atoms with van der Waals surface area (Å²) in [6.07, 6.45) is 1.92. The van der Waals surface area contributed by atoms with Gasteiger partial charge in [0.1, 0.15) is 6.54 Å². The summed E-state index contributed by atoms with van der Waals surface area (Å²) in [4.78, 5) is 25.8. The number of rotatable bonds is 5. The van der Waals surface area contributed by atoms with Crippen LogP contribution in [0.3, 0.4) is 0 Å². The third-order valence-corrected chi connectivity index (χ3v) is 3.48. The van der Waals surface area contributed by atoms with Gasteiger partial charge in [-0.1, -0.05) is 11.6 Å². The molecule has 1 amide bonds. The number of thioether (sulfide) groups is 1. The van der Waals surface area contributed by atoms with Crippen LogP contribution in [-0.4, -0.2) is 43.2 Å². The van der Waals surface area contributed by atoms with E-state index in [1.54, 1.807) is 26.1 Å². The lowest BCUT2D eigenvalue weighted by molar-refractivity contribution is -0.143. The van der Waals surface area contributed by atoms with Gasteiger partial charge in [0.25, 0.3) is 5.91 Å². The Balaban J connectivity index is 2.84. The number of carbonyl (C=O) groups is 2. The van der Waals surface area contributed by atoms with Crippen molar-refractivity contribution in [3.8, 4) is 0 Å². The maximum Gasteiger partial charge on any atom is 0.325 e. The van der Waals surface area contributed by atoms with Crippen LogP contribution in [0.25, 0.3) is 0 Å². The lowest BCUT2D eigenvalue weighted by Crippen LogP contribution is -2.33. The van der Waals surface area contributed by atoms with Crippen LogP contribution in [0.2, 0.25) is 5.02 Å². The molecule has 0 saturated heterocycles. The molecule has 0 aliphatic rings. The number of carbonyl (C=O) groups excluding carboxylic acids is 2. The first-order valence-electron chi connectivity index (χ1n) is 5.74. The number of hydrogen-bond acceptors (Lipinski definition) is 4. The first kappa shape index (κ1) is 15.9. The van der Waals surface area contributed by atoms with Crippen LogP contribution in [0.15, 0.2) is 23.1 Å². The van der Waals surface area contributed by atoms with Crippen LogP contribution in [-0.2, 0) is 9.53 Å². The average molecular weight is 302 g/mol. The molecule has 0 bridgehead atoms. The van der Waals surface area contributed by atoms with Crippen molar-refractivity contribution in [3.05, 3.63) is 28.8 Å². The number of halogens is 1. The van der Waals surface area contributed by atoms with Gasteiger partial charge in [-0.15, -0.1) is 11.8 Å². The zero-order chi connectivity index (χ0) is 14.4. The summed E-state index contributed by atoms with van der Waals surface area (Å²) in [5.41, 5.74) is 0.389. The van der Waals surface area contributed by atoms with Crippen molar-refractivity contribution < 1.29 is 14.3 Å². The molecule has 0 fully saturated rings. The quantitative estimate of drug-likeness (QED) is 0.620. The maximum atomic E-state index is 12.2. The van der Waals surface area contributed by atoms with Crippen molar-refractivity contribution in [1.82, 2.24) is 4.90 Å². The first-order valence-corrected chi connectivity index (χ1v) is 7.34. The number of ether oxygens (including phenoxy) is 1. The van der Waals surface area contributed by atoms with Gasteiger partial charge in [0.2, 0.25) is 0 Å². The topological polar surface area (TPSA) is 46.6 Å². The van der Waals surface area contributed by atoms with Crippen LogP contribution < -0.4 is 0 Å². The number of hydrogen-bond donors (Lipinski definition) is 0. The van der Waals surface area contributed by atoms with Crippen molar-refractivity contribution in [2.24, 2.45) is 0 Å². The second-order valence-electron chi connectivity index (χ2n) is 3.81. The molecule has 0 atom stereocenters. The average Bonchev–Trinajstić information content (AvgIpc) is 2.38. The summed E-state index contributed by atoms with van der Waals surface area (Å²) in [6, 6.07) is 5.24. The minimum absolute atomic E-state index is 0.0908. The highest BCUT2D eigenvalue weighted by Crippen LogP contribution is 2.23. The molecule has 0 aromatic heterocycles. The summed E-state index contributed by atoms with van der Waals surface area (Å²) >= 11 is 7.54. The Labute approximate surface area is 122 Å². The second-order valence-corrected chi connectivity index (χ2v) is 5.10. The van der Waals surface area contributed by atoms with E-state index in [0.29, 0.717) is 17.2 Å². The number of amides is 1. The van der Waals surface area contributed by atoms with Crippen LogP contribution >= 0.6 is 23.4 Å². The first-order chi connectivity index (χ1) is 8.99. The Morgan fingerprint density at radius 3 is 2.68 bits per heavy atom. The molecule has 0 aliphatic heterocycles. The largest absolute Gasteiger partial charge is 0.465 e. The van der Waals surface area contributed by atoms with E-state index >= 15 is 0 Å². The molecule has 19 heavy (non-hydrogen) atoms. The van der Waals surface area contributed by atoms with Gasteiger partial charge < -0.3 is 9.64 Å². The van der Waals surface area contributed by atoms with E-state index in [9.17, 15) is 9.59 Å². The number of nitrogens with zero attached hydrogens (tertiary/aromatic N) is 1. The van der Waals surface area contributed by atoms with E-state index in [1.807, 2.05) is 12.3 Å². The Hall–Kier alpha value is -1.20. The number of benzene rings is 1. The molecule has 0 saturated carbocycles. The van der Waals surface area contributed by atoms with Crippen LogP contribution in [0, 0.1) is 0 Å². The van der Waals surface area contributed by atoms with Crippen LogP contribution in [0.1, 0.15) is 17.3 Å². The predicted octanol–water partition coefficient (Wildman–Crippen LogP) is 2.70. The van der Waals surface area contributed by atoms with Crippen molar-refractivity contribution >= 4 is 35.2 Å². The fourth-order valence-corrected chi connectivity index (χ4v) is 2.11. The summed E-state index contributed by atoms with van der Waals surface area (Å²) in [6.45, 7) is 1.93. The highest BCUT2D eigenvalue weighted by molar-refractivity contribution is 7.98. The molecule has 0 heterocycles. The lowest BCUT2D eigenvalue weighted by atomic mass is 10.2. The third-order valence-electron chi connectivity index (χ3n) is 2.42. The van der Waals surface area contributed by atoms with Gasteiger partial charge in [0.15, 0.2) is 0 Å². The van der Waals surface area contributed by atoms with Crippen LogP contribution in [0.4, 0.5) is 0 Å². The van der Waals surface area contributed by atoms with Gasteiger partial charge in [0, 0.05) is 11.9 Å². The molecule has 4 nitrogen and oxygen atoms in total. The molecule has 0 unspecified atom stereocenters. The fraction of sp³-hybridized carbons (Fsp3) is 0.385. The zero-order valence-corrected chi connectivity index (χ0v) is 12.7. The highest BCUT2D eigenvalue weighted by atomic mass is 35.5. The van der Waals surface area contributed by atoms with E-state index in [2.05, 4.69) is 0 Å². The second kappa shape index (κ2) is 7.40. The fourth-order valence-electron chi connectivity index (χ4n) is 1.47. The Kier molecular flexibility index (Phi) is 6.18. The van der Waals surface area contributed by atoms with Crippen molar-refractivity contribution in [2.45, 2.75) is 11.8 Å². The molecule has 1 rings (SSSR count). The molecule has 0 radical (unpaired) electrons. The van der Waals surface area contributed by atoms with Gasteiger partial charge in [0.05, 0.1) is 17.2 Å². The van der Waals surface area contributed by atoms with Gasteiger partial charge in [-0.05, 0) is 31.4 Å². The van der Waals surface area contributed by atoms with E-state index in [1.165, 1.54) is 16.7 Å². The molecule has 6 heteroatoms. The van der Waals surface area contributed by atoms with Gasteiger partial charge in [-0.3, -0.25) is 9.59 Å². The Morgan fingerprint density at radius 2 is 2.11 bits per heavy atom. The minimum atomic E-state index is -0.435. The number of likely N-dealkylation sites (N-methyl/N-ethyl adjacent to an activating group) is 1. The molecule has 1 aromatic carbocycles. The molecule has 0 aliphatic carbocycles. The van der Waals surface area contributed by atoms with E-state index in [4.69, 9.17) is 16.3 Å². The summed E-state index contributed by atoms with van der Waals surface area (Å²) in [5.74, 6) is -0.732. The van der Waals surface area contributed by atoms with Crippen molar-refractivity contribution in [2.75, 3.05) is 26.5 Å². The summed E-state index contributed by atoms with van der Waals surface area (Å²) < 4.78 is 4.80. The lowest BCUT2D eigenvalue weighted by Gasteiger charge is -2.17. The van der Waals surface area contributed by atoms with Gasteiger partial charge in [-0.2, -0.15) is 0 Å². The van der Waals surface area contributed by atoms with Gasteiger partial charge >= 0.3 is 5.97 Å². The van der Waals surface area contributed by atoms with Crippen LogP contribution in [0.5, 0.6) is 0 Å². The van der Waals surface area contributed by atoms with Gasteiger partial charge in [-0.25, -0.2) is 0 Å². The maximum absolute atomic E-state index is 12.2. The smallest absolute Gasteiger partial charge is 0.325 e. The normalized spacial score (nSPS) is 10.1. The molecule has 104 valence electrons. The minimum Gasteiger partial charge on any atom is -0.465 e. The number of esters is 1. The molecular formula is C13H16ClNO3S.